The standard InChI is InChI=1S/C35H41NO6S/c1-3-5-20-35(4-2)24-43(40,41)30-23-26(18-19-29(30)31(32(35)37)25-14-8-6-9-15-25)42-22-13-7-12-21-36-33(38)27-16-10-11-17-28(27)34(36)39/h6,8-11,14-19,23,31-32,37H,3-5,7,12-13,20-22,24H2,1-2H3/t31-,32-,35+/m1/s1. The van der Waals surface area contributed by atoms with Crippen LogP contribution in [0.25, 0.3) is 0 Å². The molecule has 0 spiro atoms. The van der Waals surface area contributed by atoms with Gasteiger partial charge in [-0.15, -0.1) is 0 Å². The number of hydrogen-bond donors (Lipinski definition) is 1. The highest BCUT2D eigenvalue weighted by Gasteiger charge is 2.49. The molecule has 0 saturated heterocycles. The van der Waals surface area contributed by atoms with Crippen molar-refractivity contribution in [3.8, 4) is 5.75 Å². The van der Waals surface area contributed by atoms with Gasteiger partial charge in [0, 0.05) is 17.9 Å². The average molecular weight is 604 g/mol. The maximum atomic E-state index is 14.0. The molecule has 0 saturated carbocycles. The molecule has 0 aliphatic carbocycles. The topological polar surface area (TPSA) is 101 Å². The second-order valence-corrected chi connectivity index (χ2v) is 13.8. The Balaban J connectivity index is 1.28. The number of nitrogens with zero attached hydrogens (tertiary/aromatic N) is 1. The summed E-state index contributed by atoms with van der Waals surface area (Å²) in [6, 6.07) is 21.8. The number of imide groups is 1. The molecule has 0 aromatic heterocycles. The first kappa shape index (κ1) is 31.0. The number of ether oxygens (including phenoxy) is 1. The van der Waals surface area contributed by atoms with Gasteiger partial charge in [-0.3, -0.25) is 14.5 Å². The molecule has 5 rings (SSSR count). The van der Waals surface area contributed by atoms with Crippen LogP contribution in [0.2, 0.25) is 0 Å². The number of aliphatic hydroxyl groups excluding tert-OH is 1. The van der Waals surface area contributed by atoms with Crippen molar-refractivity contribution in [1.82, 2.24) is 4.90 Å². The minimum atomic E-state index is -3.72. The quantitative estimate of drug-likeness (QED) is 0.190. The van der Waals surface area contributed by atoms with Gasteiger partial charge in [0.2, 0.25) is 0 Å². The molecule has 3 aromatic carbocycles. The SMILES string of the molecule is CCCC[C@@]1(CC)CS(=O)(=O)c2cc(OCCCCCN3C(=O)c4ccccc4C3=O)ccc2[C@@H](c2ccccc2)[C@H]1O. The monoisotopic (exact) mass is 603 g/mol. The molecule has 2 heterocycles. The number of carbonyl (C=O) groups is 2. The van der Waals surface area contributed by atoms with Crippen molar-refractivity contribution in [2.45, 2.75) is 75.7 Å². The minimum absolute atomic E-state index is 0.102. The fourth-order valence-corrected chi connectivity index (χ4v) is 8.92. The van der Waals surface area contributed by atoms with Crippen LogP contribution < -0.4 is 4.74 Å². The molecular formula is C35H41NO6S. The molecule has 0 radical (unpaired) electrons. The van der Waals surface area contributed by atoms with Crippen LogP contribution in [0.15, 0.2) is 77.7 Å². The molecule has 1 N–H and O–H groups in total. The molecule has 7 nitrogen and oxygen atoms in total. The Bertz CT molecular complexity index is 1540. The molecule has 3 aromatic rings. The zero-order chi connectivity index (χ0) is 30.6. The van der Waals surface area contributed by atoms with E-state index in [0.29, 0.717) is 61.3 Å². The Morgan fingerprint density at radius 1 is 0.884 bits per heavy atom. The minimum Gasteiger partial charge on any atom is -0.494 e. The summed E-state index contributed by atoms with van der Waals surface area (Å²) in [6.07, 6.45) is 4.21. The third-order valence-electron chi connectivity index (χ3n) is 9.14. The summed E-state index contributed by atoms with van der Waals surface area (Å²) in [5, 5.41) is 11.9. The molecule has 228 valence electrons. The Labute approximate surface area is 254 Å². The number of rotatable bonds is 12. The molecule has 43 heavy (non-hydrogen) atoms. The Morgan fingerprint density at radius 3 is 2.21 bits per heavy atom. The highest BCUT2D eigenvalue weighted by atomic mass is 32.2. The van der Waals surface area contributed by atoms with E-state index in [2.05, 4.69) is 6.92 Å². The van der Waals surface area contributed by atoms with Crippen molar-refractivity contribution < 1.29 is 27.9 Å². The smallest absolute Gasteiger partial charge is 0.261 e. The molecule has 0 unspecified atom stereocenters. The molecule has 3 atom stereocenters. The number of carbonyl (C=O) groups excluding carboxylic acids is 2. The molecule has 2 amide bonds. The molecule has 2 aliphatic rings. The van der Waals surface area contributed by atoms with Crippen molar-refractivity contribution in [2.24, 2.45) is 5.41 Å². The molecule has 2 aliphatic heterocycles. The van der Waals surface area contributed by atoms with Crippen LogP contribution in [0, 0.1) is 5.41 Å². The van der Waals surface area contributed by atoms with Crippen molar-refractivity contribution in [3.05, 3.63) is 95.1 Å². The van der Waals surface area contributed by atoms with Gasteiger partial charge in [-0.2, -0.15) is 0 Å². The zero-order valence-electron chi connectivity index (χ0n) is 25.0. The maximum absolute atomic E-state index is 14.0. The van der Waals surface area contributed by atoms with Gasteiger partial charge in [0.05, 0.1) is 34.5 Å². The second-order valence-electron chi connectivity index (χ2n) is 11.8. The number of sulfone groups is 1. The first-order chi connectivity index (χ1) is 20.7. The lowest BCUT2D eigenvalue weighted by Gasteiger charge is -2.39. The van der Waals surface area contributed by atoms with Gasteiger partial charge in [0.1, 0.15) is 5.75 Å². The number of aliphatic hydroxyl groups is 1. The molecular weight excluding hydrogens is 562 g/mol. The summed E-state index contributed by atoms with van der Waals surface area (Å²) >= 11 is 0. The van der Waals surface area contributed by atoms with E-state index in [1.165, 1.54) is 4.90 Å². The fraction of sp³-hybridized carbons (Fsp3) is 0.429. The van der Waals surface area contributed by atoms with E-state index in [-0.39, 0.29) is 22.5 Å². The Hall–Kier alpha value is -3.49. The van der Waals surface area contributed by atoms with Gasteiger partial charge in [0.25, 0.3) is 11.8 Å². The van der Waals surface area contributed by atoms with Crippen LogP contribution in [0.3, 0.4) is 0 Å². The van der Waals surface area contributed by atoms with Crippen LogP contribution >= 0.6 is 0 Å². The van der Waals surface area contributed by atoms with E-state index in [9.17, 15) is 23.1 Å². The molecule has 0 bridgehead atoms. The fourth-order valence-electron chi connectivity index (χ4n) is 6.64. The first-order valence-corrected chi connectivity index (χ1v) is 17.1. The lowest BCUT2D eigenvalue weighted by Crippen LogP contribution is -2.42. The van der Waals surface area contributed by atoms with Crippen molar-refractivity contribution in [2.75, 3.05) is 18.9 Å². The van der Waals surface area contributed by atoms with Gasteiger partial charge in [0.15, 0.2) is 9.84 Å². The number of hydrogen-bond acceptors (Lipinski definition) is 6. The summed E-state index contributed by atoms with van der Waals surface area (Å²) in [6.45, 7) is 4.79. The molecule has 0 fully saturated rings. The third-order valence-corrected chi connectivity index (χ3v) is 11.1. The summed E-state index contributed by atoms with van der Waals surface area (Å²) in [4.78, 5) is 26.7. The summed E-state index contributed by atoms with van der Waals surface area (Å²) in [7, 11) is -3.72. The first-order valence-electron chi connectivity index (χ1n) is 15.4. The van der Waals surface area contributed by atoms with Crippen molar-refractivity contribution in [3.63, 3.8) is 0 Å². The number of unbranched alkanes of at least 4 members (excludes halogenated alkanes) is 3. The largest absolute Gasteiger partial charge is 0.494 e. The van der Waals surface area contributed by atoms with Crippen LogP contribution in [0.1, 0.15) is 96.6 Å². The normalized spacial score (nSPS) is 22.6. The van der Waals surface area contributed by atoms with E-state index >= 15 is 0 Å². The van der Waals surface area contributed by atoms with Gasteiger partial charge in [-0.05, 0) is 67.5 Å². The van der Waals surface area contributed by atoms with Crippen LogP contribution in [0.5, 0.6) is 5.75 Å². The number of amides is 2. The number of benzene rings is 3. The predicted octanol–water partition coefficient (Wildman–Crippen LogP) is 6.40. The molecule has 8 heteroatoms. The van der Waals surface area contributed by atoms with E-state index < -0.39 is 27.3 Å². The zero-order valence-corrected chi connectivity index (χ0v) is 25.8. The average Bonchev–Trinajstić information content (AvgIpc) is 3.22. The van der Waals surface area contributed by atoms with Crippen LogP contribution in [0.4, 0.5) is 0 Å². The van der Waals surface area contributed by atoms with Gasteiger partial charge in [-0.1, -0.05) is 75.2 Å². The second kappa shape index (κ2) is 13.0. The van der Waals surface area contributed by atoms with Crippen molar-refractivity contribution >= 4 is 21.7 Å². The summed E-state index contributed by atoms with van der Waals surface area (Å²) in [5.74, 6) is -0.592. The maximum Gasteiger partial charge on any atom is 0.261 e. The van der Waals surface area contributed by atoms with Gasteiger partial charge >= 0.3 is 0 Å². The summed E-state index contributed by atoms with van der Waals surface area (Å²) < 4.78 is 33.9. The summed E-state index contributed by atoms with van der Waals surface area (Å²) in [5.41, 5.74) is 1.66. The van der Waals surface area contributed by atoms with E-state index in [4.69, 9.17) is 4.74 Å². The van der Waals surface area contributed by atoms with Gasteiger partial charge < -0.3 is 9.84 Å². The van der Waals surface area contributed by atoms with Crippen LogP contribution in [-0.4, -0.2) is 55.2 Å². The van der Waals surface area contributed by atoms with E-state index in [0.717, 1.165) is 24.8 Å². The van der Waals surface area contributed by atoms with E-state index in [1.807, 2.05) is 37.3 Å². The highest BCUT2D eigenvalue weighted by molar-refractivity contribution is 7.91. The third kappa shape index (κ3) is 6.13. The highest BCUT2D eigenvalue weighted by Crippen LogP contribution is 2.49. The number of fused-ring (bicyclic) bond motifs is 2. The lowest BCUT2D eigenvalue weighted by atomic mass is 9.69. The predicted molar refractivity (Wildman–Crippen MR) is 166 cm³/mol. The van der Waals surface area contributed by atoms with Crippen LogP contribution in [-0.2, 0) is 9.84 Å². The Morgan fingerprint density at radius 2 is 1.56 bits per heavy atom. The van der Waals surface area contributed by atoms with Gasteiger partial charge in [-0.25, -0.2) is 8.42 Å². The lowest BCUT2D eigenvalue weighted by molar-refractivity contribution is 0.0174. The van der Waals surface area contributed by atoms with E-state index in [1.54, 1.807) is 42.5 Å². The van der Waals surface area contributed by atoms with Crippen molar-refractivity contribution in [1.29, 1.82) is 0 Å². The Kier molecular flexibility index (Phi) is 9.37.